The molecule has 0 aliphatic carbocycles. The highest BCUT2D eigenvalue weighted by atomic mass is 32.2. The molecule has 0 aliphatic rings. The fourth-order valence-corrected chi connectivity index (χ4v) is 1.57. The average Bonchev–Trinajstić information content (AvgIpc) is 2.21. The first kappa shape index (κ1) is 13.1. The summed E-state index contributed by atoms with van der Waals surface area (Å²) < 4.78 is 11.0. The van der Waals surface area contributed by atoms with E-state index in [1.54, 1.807) is 7.05 Å². The van der Waals surface area contributed by atoms with Crippen molar-refractivity contribution in [1.82, 2.24) is 4.90 Å². The standard InChI is InChI=1S/C9H16N2O2S/c1-3-14(13)8-5-9(12)11(2)7-4-6-10/h3-5,7-8H2,1-2H3. The molecular weight excluding hydrogens is 200 g/mol. The van der Waals surface area contributed by atoms with Gasteiger partial charge in [-0.25, -0.2) is 0 Å². The molecule has 0 aromatic heterocycles. The van der Waals surface area contributed by atoms with E-state index in [-0.39, 0.29) is 5.91 Å². The Kier molecular flexibility index (Phi) is 7.03. The Bertz CT molecular complexity index is 248. The second-order valence-corrected chi connectivity index (χ2v) is 4.77. The number of carbonyl (C=O) groups excluding carboxylic acids is 1. The predicted molar refractivity (Wildman–Crippen MR) is 56.0 cm³/mol. The van der Waals surface area contributed by atoms with E-state index in [9.17, 15) is 9.00 Å². The quantitative estimate of drug-likeness (QED) is 0.650. The van der Waals surface area contributed by atoms with Crippen LogP contribution in [0.2, 0.25) is 0 Å². The number of nitrogens with zero attached hydrogens (tertiary/aromatic N) is 2. The van der Waals surface area contributed by atoms with E-state index < -0.39 is 10.8 Å². The molecule has 0 heterocycles. The lowest BCUT2D eigenvalue weighted by atomic mass is 10.3. The summed E-state index contributed by atoms with van der Waals surface area (Å²) in [5, 5.41) is 8.32. The van der Waals surface area contributed by atoms with Gasteiger partial charge in [0.2, 0.25) is 5.91 Å². The summed E-state index contributed by atoms with van der Waals surface area (Å²) in [4.78, 5) is 12.9. The van der Waals surface area contributed by atoms with Crippen LogP contribution in [0.5, 0.6) is 0 Å². The van der Waals surface area contributed by atoms with Gasteiger partial charge >= 0.3 is 0 Å². The molecule has 0 radical (unpaired) electrons. The molecule has 0 aromatic rings. The van der Waals surface area contributed by atoms with E-state index in [0.717, 1.165) is 0 Å². The molecule has 4 nitrogen and oxygen atoms in total. The van der Waals surface area contributed by atoms with E-state index in [1.165, 1.54) is 4.90 Å². The zero-order valence-corrected chi connectivity index (χ0v) is 9.47. The van der Waals surface area contributed by atoms with Gasteiger partial charge in [0.15, 0.2) is 0 Å². The topological polar surface area (TPSA) is 61.2 Å². The van der Waals surface area contributed by atoms with Crippen LogP contribution in [0, 0.1) is 11.3 Å². The highest BCUT2D eigenvalue weighted by Gasteiger charge is 2.09. The summed E-state index contributed by atoms with van der Waals surface area (Å²) in [5.74, 6) is 0.976. The lowest BCUT2D eigenvalue weighted by molar-refractivity contribution is -0.129. The lowest BCUT2D eigenvalue weighted by Gasteiger charge is -2.14. The first-order chi connectivity index (χ1) is 6.61. The summed E-state index contributed by atoms with van der Waals surface area (Å²) in [7, 11) is 0.779. The minimum Gasteiger partial charge on any atom is -0.345 e. The Morgan fingerprint density at radius 2 is 2.21 bits per heavy atom. The van der Waals surface area contributed by atoms with Gasteiger partial charge in [-0.05, 0) is 0 Å². The smallest absolute Gasteiger partial charge is 0.223 e. The molecule has 1 unspecified atom stereocenters. The molecule has 0 saturated heterocycles. The largest absolute Gasteiger partial charge is 0.345 e. The van der Waals surface area contributed by atoms with Gasteiger partial charge in [0.25, 0.3) is 0 Å². The fraction of sp³-hybridized carbons (Fsp3) is 0.778. The van der Waals surface area contributed by atoms with Gasteiger partial charge in [0, 0.05) is 42.3 Å². The number of amides is 1. The van der Waals surface area contributed by atoms with Crippen LogP contribution >= 0.6 is 0 Å². The minimum absolute atomic E-state index is 0.0398. The zero-order valence-electron chi connectivity index (χ0n) is 8.65. The van der Waals surface area contributed by atoms with Crippen molar-refractivity contribution in [3.05, 3.63) is 0 Å². The number of rotatable bonds is 6. The van der Waals surface area contributed by atoms with Crippen LogP contribution in [-0.2, 0) is 15.6 Å². The van der Waals surface area contributed by atoms with Crippen LogP contribution in [0.25, 0.3) is 0 Å². The molecule has 1 atom stereocenters. The first-order valence-electron chi connectivity index (χ1n) is 4.57. The molecule has 0 fully saturated rings. The molecule has 0 rings (SSSR count). The van der Waals surface area contributed by atoms with Crippen molar-refractivity contribution >= 4 is 16.7 Å². The summed E-state index contributed by atoms with van der Waals surface area (Å²) in [6, 6.07) is 1.98. The molecule has 0 aliphatic heterocycles. The van der Waals surface area contributed by atoms with Crippen molar-refractivity contribution in [2.45, 2.75) is 19.8 Å². The van der Waals surface area contributed by atoms with Gasteiger partial charge in [-0.2, -0.15) is 5.26 Å². The maximum atomic E-state index is 11.4. The van der Waals surface area contributed by atoms with Gasteiger partial charge < -0.3 is 4.90 Å². The average molecular weight is 216 g/mol. The van der Waals surface area contributed by atoms with Gasteiger partial charge in [0.05, 0.1) is 12.5 Å². The fourth-order valence-electron chi connectivity index (χ4n) is 0.879. The third-order valence-electron chi connectivity index (χ3n) is 1.85. The Labute approximate surface area is 87.3 Å². The molecular formula is C9H16N2O2S. The van der Waals surface area contributed by atoms with E-state index in [1.807, 2.05) is 13.0 Å². The Balaban J connectivity index is 3.73. The van der Waals surface area contributed by atoms with Crippen molar-refractivity contribution in [2.75, 3.05) is 25.1 Å². The van der Waals surface area contributed by atoms with Crippen molar-refractivity contribution in [3.63, 3.8) is 0 Å². The second kappa shape index (κ2) is 7.51. The van der Waals surface area contributed by atoms with E-state index in [2.05, 4.69) is 0 Å². The summed E-state index contributed by atoms with van der Waals surface area (Å²) in [5.41, 5.74) is 0. The van der Waals surface area contributed by atoms with Gasteiger partial charge in [-0.1, -0.05) is 6.92 Å². The van der Waals surface area contributed by atoms with Crippen LogP contribution < -0.4 is 0 Å². The van der Waals surface area contributed by atoms with Crippen molar-refractivity contribution < 1.29 is 9.00 Å². The third-order valence-corrected chi connectivity index (χ3v) is 3.15. The zero-order chi connectivity index (χ0) is 11.0. The number of nitriles is 1. The van der Waals surface area contributed by atoms with Gasteiger partial charge in [-0.15, -0.1) is 0 Å². The van der Waals surface area contributed by atoms with Crippen molar-refractivity contribution in [2.24, 2.45) is 0 Å². The lowest BCUT2D eigenvalue weighted by Crippen LogP contribution is -2.28. The van der Waals surface area contributed by atoms with Crippen molar-refractivity contribution in [3.8, 4) is 6.07 Å². The molecule has 0 saturated carbocycles. The second-order valence-electron chi connectivity index (χ2n) is 2.91. The van der Waals surface area contributed by atoms with Crippen molar-refractivity contribution in [1.29, 1.82) is 5.26 Å². The first-order valence-corrected chi connectivity index (χ1v) is 6.06. The van der Waals surface area contributed by atoms with Gasteiger partial charge in [0.1, 0.15) is 0 Å². The Hall–Kier alpha value is -0.890. The molecule has 80 valence electrons. The van der Waals surface area contributed by atoms with Crippen LogP contribution in [0.4, 0.5) is 0 Å². The maximum absolute atomic E-state index is 11.4. The highest BCUT2D eigenvalue weighted by Crippen LogP contribution is 1.95. The summed E-state index contributed by atoms with van der Waals surface area (Å²) in [6.07, 6.45) is 0.654. The molecule has 0 N–H and O–H groups in total. The molecule has 0 spiro atoms. The van der Waals surface area contributed by atoms with Crippen LogP contribution in [0.15, 0.2) is 0 Å². The Morgan fingerprint density at radius 3 is 2.71 bits per heavy atom. The number of hydrogen-bond donors (Lipinski definition) is 0. The van der Waals surface area contributed by atoms with E-state index in [4.69, 9.17) is 5.26 Å². The molecule has 5 heteroatoms. The van der Waals surface area contributed by atoms with Gasteiger partial charge in [-0.3, -0.25) is 9.00 Å². The Morgan fingerprint density at radius 1 is 1.57 bits per heavy atom. The molecule has 14 heavy (non-hydrogen) atoms. The van der Waals surface area contributed by atoms with Crippen LogP contribution in [-0.4, -0.2) is 40.1 Å². The minimum atomic E-state index is -0.882. The summed E-state index contributed by atoms with van der Waals surface area (Å²) >= 11 is 0. The SMILES string of the molecule is CCS(=O)CCC(=O)N(C)CCC#N. The highest BCUT2D eigenvalue weighted by molar-refractivity contribution is 7.84. The predicted octanol–water partition coefficient (Wildman–Crippen LogP) is 0.517. The van der Waals surface area contributed by atoms with E-state index in [0.29, 0.717) is 30.9 Å². The normalized spacial score (nSPS) is 11.8. The van der Waals surface area contributed by atoms with Crippen LogP contribution in [0.3, 0.4) is 0 Å². The molecule has 0 aromatic carbocycles. The molecule has 0 bridgehead atoms. The summed E-state index contributed by atoms with van der Waals surface area (Å²) in [6.45, 7) is 2.29. The number of carbonyl (C=O) groups is 1. The van der Waals surface area contributed by atoms with Crippen LogP contribution in [0.1, 0.15) is 19.8 Å². The number of hydrogen-bond acceptors (Lipinski definition) is 3. The van der Waals surface area contributed by atoms with E-state index >= 15 is 0 Å². The molecule has 1 amide bonds. The monoisotopic (exact) mass is 216 g/mol. The maximum Gasteiger partial charge on any atom is 0.223 e. The third kappa shape index (κ3) is 5.70.